The number of aryl methyl sites for hydroxylation is 1. The largest absolute Gasteiger partial charge is 0.395 e. The van der Waals surface area contributed by atoms with E-state index in [0.29, 0.717) is 28.3 Å². The number of carbonyl (C=O) groups excluding carboxylic acids is 2. The molecule has 10 heteroatoms. The molecular formula is C26H32ClF3N4O2. The number of hydrogen-bond donors (Lipinski definition) is 2. The highest BCUT2D eigenvalue weighted by Gasteiger charge is 2.67. The van der Waals surface area contributed by atoms with Crippen LogP contribution in [0.1, 0.15) is 52.4 Å². The Kier molecular flexibility index (Phi) is 8.67. The van der Waals surface area contributed by atoms with Gasteiger partial charge in [0.15, 0.2) is 0 Å². The van der Waals surface area contributed by atoms with Gasteiger partial charge in [0, 0.05) is 54.4 Å². The molecule has 196 valence electrons. The lowest BCUT2D eigenvalue weighted by Crippen LogP contribution is -2.42. The molecule has 3 rings (SSSR count). The lowest BCUT2D eigenvalue weighted by atomic mass is 9.80. The molecule has 0 spiro atoms. The van der Waals surface area contributed by atoms with Gasteiger partial charge in [-0.25, -0.2) is 0 Å². The van der Waals surface area contributed by atoms with Gasteiger partial charge in [-0.1, -0.05) is 23.7 Å². The zero-order valence-corrected chi connectivity index (χ0v) is 21.6. The summed E-state index contributed by atoms with van der Waals surface area (Å²) in [5.74, 6) is -1.68. The minimum atomic E-state index is -4.40. The fraction of sp³-hybridized carbons (Fsp3) is 0.500. The standard InChI is InChI=1S/C26H32ClF3N4O2/c1-16-5-6-19(14-32-16)21(25(9-10-25)26(28,29)30)13-23(35)33-15-20(34(3)4)11-17-7-8-18(12-22(17)27)24(36)31-2/h5-8,12,14,20-21H,9-11,13,15H2,1-4H3,(H,31,36)(H,33,35)/t20-,21-/m0/s1. The van der Waals surface area contributed by atoms with Crippen molar-refractivity contribution >= 4 is 23.4 Å². The van der Waals surface area contributed by atoms with E-state index in [-0.39, 0.29) is 37.8 Å². The molecule has 1 aliphatic carbocycles. The third kappa shape index (κ3) is 6.37. The highest BCUT2D eigenvalue weighted by molar-refractivity contribution is 6.31. The van der Waals surface area contributed by atoms with Crippen molar-refractivity contribution in [3.63, 3.8) is 0 Å². The molecule has 1 fully saturated rings. The van der Waals surface area contributed by atoms with Gasteiger partial charge < -0.3 is 15.5 Å². The maximum Gasteiger partial charge on any atom is 0.395 e. The lowest BCUT2D eigenvalue weighted by molar-refractivity contribution is -0.194. The van der Waals surface area contributed by atoms with Gasteiger partial charge in [0.05, 0.1) is 5.41 Å². The van der Waals surface area contributed by atoms with Gasteiger partial charge in [-0.3, -0.25) is 14.6 Å². The number of amides is 2. The summed E-state index contributed by atoms with van der Waals surface area (Å²) in [6.07, 6.45) is -2.72. The Hall–Kier alpha value is -2.65. The number of nitrogens with one attached hydrogen (secondary N) is 2. The highest BCUT2D eigenvalue weighted by Crippen LogP contribution is 2.66. The summed E-state index contributed by atoms with van der Waals surface area (Å²) in [5.41, 5.74) is 0.487. The molecule has 2 aromatic rings. The molecule has 1 aromatic heterocycles. The lowest BCUT2D eigenvalue weighted by Gasteiger charge is -2.30. The minimum absolute atomic E-state index is 0.00714. The fourth-order valence-corrected chi connectivity index (χ4v) is 4.72. The van der Waals surface area contributed by atoms with E-state index in [0.717, 1.165) is 5.56 Å². The van der Waals surface area contributed by atoms with Crippen LogP contribution in [0, 0.1) is 12.3 Å². The first-order valence-corrected chi connectivity index (χ1v) is 12.2. The van der Waals surface area contributed by atoms with Gasteiger partial charge in [-0.2, -0.15) is 13.2 Å². The third-order valence-electron chi connectivity index (χ3n) is 7.01. The molecule has 2 N–H and O–H groups in total. The van der Waals surface area contributed by atoms with Crippen LogP contribution in [0.15, 0.2) is 36.5 Å². The van der Waals surface area contributed by atoms with E-state index >= 15 is 0 Å². The van der Waals surface area contributed by atoms with Crippen LogP contribution in [0.5, 0.6) is 0 Å². The van der Waals surface area contributed by atoms with E-state index in [2.05, 4.69) is 15.6 Å². The first-order chi connectivity index (χ1) is 16.9. The molecule has 0 saturated heterocycles. The van der Waals surface area contributed by atoms with Crippen molar-refractivity contribution in [1.29, 1.82) is 0 Å². The zero-order valence-electron chi connectivity index (χ0n) is 20.9. The highest BCUT2D eigenvalue weighted by atomic mass is 35.5. The molecule has 0 unspecified atom stereocenters. The molecule has 0 radical (unpaired) electrons. The monoisotopic (exact) mass is 524 g/mol. The van der Waals surface area contributed by atoms with Gasteiger partial charge in [0.2, 0.25) is 5.91 Å². The van der Waals surface area contributed by atoms with Crippen molar-refractivity contribution in [1.82, 2.24) is 20.5 Å². The first kappa shape index (κ1) is 27.9. The fourth-order valence-electron chi connectivity index (χ4n) is 4.46. The molecule has 1 aliphatic rings. The Labute approximate surface area is 214 Å². The Bertz CT molecular complexity index is 1090. The van der Waals surface area contributed by atoms with E-state index < -0.39 is 23.4 Å². The van der Waals surface area contributed by atoms with Crippen molar-refractivity contribution in [2.24, 2.45) is 5.41 Å². The Balaban J connectivity index is 1.70. The van der Waals surface area contributed by atoms with Crippen LogP contribution in [0.25, 0.3) is 0 Å². The number of pyridine rings is 1. The average Bonchev–Trinajstić information content (AvgIpc) is 3.63. The van der Waals surface area contributed by atoms with Gasteiger partial charge in [-0.05, 0) is 69.6 Å². The number of alkyl halides is 3. The number of halogens is 4. The van der Waals surface area contributed by atoms with Gasteiger partial charge in [0.1, 0.15) is 0 Å². The molecule has 1 saturated carbocycles. The van der Waals surface area contributed by atoms with E-state index in [1.165, 1.54) is 13.2 Å². The zero-order chi connectivity index (χ0) is 26.7. The number of likely N-dealkylation sites (N-methyl/N-ethyl adjacent to an activating group) is 1. The molecule has 2 amide bonds. The summed E-state index contributed by atoms with van der Waals surface area (Å²) in [5, 5.41) is 5.81. The topological polar surface area (TPSA) is 74.3 Å². The normalized spacial score (nSPS) is 16.4. The maximum absolute atomic E-state index is 14.0. The predicted octanol–water partition coefficient (Wildman–Crippen LogP) is 4.51. The van der Waals surface area contributed by atoms with Crippen molar-refractivity contribution in [3.8, 4) is 0 Å². The molecule has 0 aliphatic heterocycles. The van der Waals surface area contributed by atoms with E-state index in [1.807, 2.05) is 19.0 Å². The molecule has 2 atom stereocenters. The van der Waals surface area contributed by atoms with Crippen LogP contribution in [0.4, 0.5) is 13.2 Å². The van der Waals surface area contributed by atoms with Gasteiger partial charge in [0.25, 0.3) is 5.91 Å². The van der Waals surface area contributed by atoms with Gasteiger partial charge >= 0.3 is 6.18 Å². The second-order valence-corrected chi connectivity index (χ2v) is 10.1. The molecule has 0 bridgehead atoms. The van der Waals surface area contributed by atoms with Gasteiger partial charge in [-0.15, -0.1) is 0 Å². The second kappa shape index (κ2) is 11.2. The van der Waals surface area contributed by atoms with Crippen LogP contribution >= 0.6 is 11.6 Å². The average molecular weight is 525 g/mol. The molecule has 36 heavy (non-hydrogen) atoms. The Morgan fingerprint density at radius 3 is 2.39 bits per heavy atom. The van der Waals surface area contributed by atoms with Crippen LogP contribution in [-0.4, -0.2) is 61.6 Å². The molecule has 6 nitrogen and oxygen atoms in total. The van der Waals surface area contributed by atoms with Crippen molar-refractivity contribution in [3.05, 3.63) is 63.9 Å². The SMILES string of the molecule is CNC(=O)c1ccc(C[C@@H](CNC(=O)C[C@@H](c2ccc(C)nc2)C2(C(F)(F)F)CC2)N(C)C)c(Cl)c1. The summed E-state index contributed by atoms with van der Waals surface area (Å²) < 4.78 is 41.9. The smallest absolute Gasteiger partial charge is 0.355 e. The second-order valence-electron chi connectivity index (χ2n) is 9.65. The quantitative estimate of drug-likeness (QED) is 0.480. The minimum Gasteiger partial charge on any atom is -0.355 e. The summed E-state index contributed by atoms with van der Waals surface area (Å²) in [7, 11) is 5.25. The maximum atomic E-state index is 14.0. The predicted molar refractivity (Wildman–Crippen MR) is 133 cm³/mol. The molecule has 1 aromatic carbocycles. The van der Waals surface area contributed by atoms with E-state index in [1.54, 1.807) is 37.3 Å². The number of hydrogen-bond acceptors (Lipinski definition) is 4. The summed E-state index contributed by atoms with van der Waals surface area (Å²) in [4.78, 5) is 30.8. The number of nitrogens with zero attached hydrogens (tertiary/aromatic N) is 2. The Morgan fingerprint density at radius 1 is 1.19 bits per heavy atom. The van der Waals surface area contributed by atoms with Crippen LogP contribution in [0.2, 0.25) is 5.02 Å². The summed E-state index contributed by atoms with van der Waals surface area (Å²) >= 11 is 6.39. The third-order valence-corrected chi connectivity index (χ3v) is 7.36. The Morgan fingerprint density at radius 2 is 1.89 bits per heavy atom. The van der Waals surface area contributed by atoms with E-state index in [4.69, 9.17) is 11.6 Å². The van der Waals surface area contributed by atoms with Crippen molar-refractivity contribution in [2.45, 2.75) is 50.7 Å². The molecule has 1 heterocycles. The first-order valence-electron chi connectivity index (χ1n) is 11.8. The van der Waals surface area contributed by atoms with Crippen LogP contribution in [-0.2, 0) is 11.2 Å². The van der Waals surface area contributed by atoms with Crippen LogP contribution < -0.4 is 10.6 Å². The number of rotatable bonds is 10. The molecular weight excluding hydrogens is 493 g/mol. The van der Waals surface area contributed by atoms with Crippen molar-refractivity contribution in [2.75, 3.05) is 27.7 Å². The number of aromatic nitrogens is 1. The van der Waals surface area contributed by atoms with Crippen molar-refractivity contribution < 1.29 is 22.8 Å². The summed E-state index contributed by atoms with van der Waals surface area (Å²) in [6.45, 7) is 2.00. The van der Waals surface area contributed by atoms with E-state index in [9.17, 15) is 22.8 Å². The number of carbonyl (C=O) groups is 2. The summed E-state index contributed by atoms with van der Waals surface area (Å²) in [6, 6.07) is 8.19. The van der Waals surface area contributed by atoms with Crippen LogP contribution in [0.3, 0.4) is 0 Å². The number of benzene rings is 1.